The van der Waals surface area contributed by atoms with Crippen LogP contribution in [0.2, 0.25) is 0 Å². The van der Waals surface area contributed by atoms with Gasteiger partial charge in [0.05, 0.1) is 11.0 Å². The Morgan fingerprint density at radius 1 is 0.538 bits per heavy atom. The second-order valence-electron chi connectivity index (χ2n) is 11.0. The second-order valence-corrected chi connectivity index (χ2v) is 11.0. The SMILES string of the molecule is CC1(C)c2ccccc2Oc2ccc(-c3ccc4ccc5c(c4c3)c3ccccc3n5-c3ccccc3)cc21. The molecule has 7 aromatic rings. The minimum atomic E-state index is -0.145. The maximum absolute atomic E-state index is 6.32. The topological polar surface area (TPSA) is 14.2 Å². The summed E-state index contributed by atoms with van der Waals surface area (Å²) in [4.78, 5) is 0. The Bertz CT molecular complexity index is 2060. The first kappa shape index (κ1) is 22.2. The Hall–Kier alpha value is -4.82. The summed E-state index contributed by atoms with van der Waals surface area (Å²) in [6.45, 7) is 4.58. The molecule has 186 valence electrons. The van der Waals surface area contributed by atoms with Gasteiger partial charge in [-0.2, -0.15) is 0 Å². The van der Waals surface area contributed by atoms with Crippen LogP contribution in [0.1, 0.15) is 25.0 Å². The maximum Gasteiger partial charge on any atom is 0.131 e. The predicted octanol–water partition coefficient (Wildman–Crippen LogP) is 10.0. The average Bonchev–Trinajstić information content (AvgIpc) is 3.32. The maximum atomic E-state index is 6.32. The molecule has 0 bridgehead atoms. The molecule has 0 fully saturated rings. The molecule has 1 aliphatic rings. The van der Waals surface area contributed by atoms with Gasteiger partial charge in [0.25, 0.3) is 0 Å². The van der Waals surface area contributed by atoms with Crippen LogP contribution < -0.4 is 4.74 Å². The molecule has 0 saturated heterocycles. The Morgan fingerprint density at radius 2 is 1.23 bits per heavy atom. The van der Waals surface area contributed by atoms with Crippen LogP contribution in [-0.4, -0.2) is 4.57 Å². The molecule has 6 aromatic carbocycles. The van der Waals surface area contributed by atoms with Crippen molar-refractivity contribution in [2.45, 2.75) is 19.3 Å². The van der Waals surface area contributed by atoms with Crippen LogP contribution in [0, 0.1) is 0 Å². The summed E-state index contributed by atoms with van der Waals surface area (Å²) in [5.74, 6) is 1.89. The summed E-state index contributed by atoms with van der Waals surface area (Å²) in [6.07, 6.45) is 0. The van der Waals surface area contributed by atoms with E-state index in [1.54, 1.807) is 0 Å². The summed E-state index contributed by atoms with van der Waals surface area (Å²) in [5.41, 5.74) is 8.34. The monoisotopic (exact) mass is 501 g/mol. The molecular formula is C37H27NO. The van der Waals surface area contributed by atoms with E-state index in [2.05, 4.69) is 140 Å². The first-order valence-corrected chi connectivity index (χ1v) is 13.5. The number of benzene rings is 6. The van der Waals surface area contributed by atoms with Crippen molar-refractivity contribution in [3.8, 4) is 28.3 Å². The van der Waals surface area contributed by atoms with Crippen molar-refractivity contribution >= 4 is 32.6 Å². The summed E-state index contributed by atoms with van der Waals surface area (Å²) in [5, 5.41) is 5.09. The molecule has 39 heavy (non-hydrogen) atoms. The molecule has 8 rings (SSSR count). The van der Waals surface area contributed by atoms with E-state index in [1.807, 2.05) is 6.07 Å². The smallest absolute Gasteiger partial charge is 0.131 e. The molecule has 0 amide bonds. The number of hydrogen-bond donors (Lipinski definition) is 0. The van der Waals surface area contributed by atoms with E-state index >= 15 is 0 Å². The molecule has 0 unspecified atom stereocenters. The van der Waals surface area contributed by atoms with Gasteiger partial charge >= 0.3 is 0 Å². The van der Waals surface area contributed by atoms with Crippen molar-refractivity contribution in [2.24, 2.45) is 0 Å². The second kappa shape index (κ2) is 8.09. The zero-order chi connectivity index (χ0) is 26.1. The lowest BCUT2D eigenvalue weighted by atomic mass is 9.75. The number of aromatic nitrogens is 1. The minimum Gasteiger partial charge on any atom is -0.457 e. The quantitative estimate of drug-likeness (QED) is 0.230. The Morgan fingerprint density at radius 3 is 2.13 bits per heavy atom. The van der Waals surface area contributed by atoms with Crippen LogP contribution in [0.3, 0.4) is 0 Å². The highest BCUT2D eigenvalue weighted by Gasteiger charge is 2.34. The molecule has 2 nitrogen and oxygen atoms in total. The molecule has 0 saturated carbocycles. The van der Waals surface area contributed by atoms with Crippen LogP contribution in [0.4, 0.5) is 0 Å². The van der Waals surface area contributed by atoms with E-state index in [1.165, 1.54) is 60.5 Å². The van der Waals surface area contributed by atoms with Crippen molar-refractivity contribution in [2.75, 3.05) is 0 Å². The first-order chi connectivity index (χ1) is 19.1. The van der Waals surface area contributed by atoms with Gasteiger partial charge in [-0.1, -0.05) is 92.7 Å². The van der Waals surface area contributed by atoms with E-state index in [-0.39, 0.29) is 5.41 Å². The van der Waals surface area contributed by atoms with Gasteiger partial charge in [0.1, 0.15) is 11.5 Å². The zero-order valence-corrected chi connectivity index (χ0v) is 22.0. The van der Waals surface area contributed by atoms with Gasteiger partial charge < -0.3 is 9.30 Å². The molecule has 0 N–H and O–H groups in total. The summed E-state index contributed by atoms with van der Waals surface area (Å²) >= 11 is 0. The molecule has 1 aliphatic heterocycles. The summed E-state index contributed by atoms with van der Waals surface area (Å²) in [7, 11) is 0. The van der Waals surface area contributed by atoms with E-state index in [4.69, 9.17) is 4.74 Å². The van der Waals surface area contributed by atoms with Crippen molar-refractivity contribution in [3.63, 3.8) is 0 Å². The highest BCUT2D eigenvalue weighted by atomic mass is 16.5. The van der Waals surface area contributed by atoms with Gasteiger partial charge in [-0.05, 0) is 70.4 Å². The lowest BCUT2D eigenvalue weighted by Gasteiger charge is -2.34. The highest BCUT2D eigenvalue weighted by Crippen LogP contribution is 2.49. The fourth-order valence-corrected chi connectivity index (χ4v) is 6.44. The molecular weight excluding hydrogens is 474 g/mol. The van der Waals surface area contributed by atoms with E-state index in [0.717, 1.165) is 11.5 Å². The molecule has 0 atom stereocenters. The first-order valence-electron chi connectivity index (χ1n) is 13.5. The van der Waals surface area contributed by atoms with E-state index in [0.29, 0.717) is 0 Å². The summed E-state index contributed by atoms with van der Waals surface area (Å²) in [6, 6.07) is 45.8. The van der Waals surface area contributed by atoms with Crippen molar-refractivity contribution in [1.29, 1.82) is 0 Å². The third-order valence-corrected chi connectivity index (χ3v) is 8.44. The standard InChI is InChI=1S/C37H27NO/c1-37(2)30-13-7-9-15-34(30)39-35-21-19-26(23-31(35)37)25-17-16-24-18-20-33-36(29(24)22-25)28-12-6-8-14-32(28)38(33)27-10-4-3-5-11-27/h3-23H,1-2H3. The zero-order valence-electron chi connectivity index (χ0n) is 22.0. The minimum absolute atomic E-state index is 0.145. The van der Waals surface area contributed by atoms with Crippen molar-refractivity contribution < 1.29 is 4.74 Å². The van der Waals surface area contributed by atoms with Gasteiger partial charge in [-0.25, -0.2) is 0 Å². The van der Waals surface area contributed by atoms with Crippen molar-refractivity contribution in [1.82, 2.24) is 4.57 Å². The molecule has 1 aromatic heterocycles. The largest absolute Gasteiger partial charge is 0.457 e. The fraction of sp³-hybridized carbons (Fsp3) is 0.0811. The van der Waals surface area contributed by atoms with Gasteiger partial charge in [-0.15, -0.1) is 0 Å². The Balaban J connectivity index is 1.36. The van der Waals surface area contributed by atoms with Gasteiger partial charge in [0.15, 0.2) is 0 Å². The molecule has 2 heteroatoms. The van der Waals surface area contributed by atoms with Crippen LogP contribution in [-0.2, 0) is 5.41 Å². The normalized spacial score (nSPS) is 13.8. The molecule has 0 spiro atoms. The fourth-order valence-electron chi connectivity index (χ4n) is 6.44. The molecule has 2 heterocycles. The Labute approximate surface area is 227 Å². The average molecular weight is 502 g/mol. The number of rotatable bonds is 2. The lowest BCUT2D eigenvalue weighted by molar-refractivity contribution is 0.418. The van der Waals surface area contributed by atoms with E-state index < -0.39 is 0 Å². The van der Waals surface area contributed by atoms with E-state index in [9.17, 15) is 0 Å². The number of para-hydroxylation sites is 3. The molecule has 0 aliphatic carbocycles. The highest BCUT2D eigenvalue weighted by molar-refractivity contribution is 6.21. The number of fused-ring (bicyclic) bond motifs is 7. The third-order valence-electron chi connectivity index (χ3n) is 8.44. The van der Waals surface area contributed by atoms with Gasteiger partial charge in [0, 0.05) is 33.0 Å². The number of hydrogen-bond acceptors (Lipinski definition) is 1. The predicted molar refractivity (Wildman–Crippen MR) is 162 cm³/mol. The lowest BCUT2D eigenvalue weighted by Crippen LogP contribution is -2.24. The Kier molecular flexibility index (Phi) is 4.60. The third kappa shape index (κ3) is 3.21. The molecule has 0 radical (unpaired) electrons. The van der Waals surface area contributed by atoms with Gasteiger partial charge in [-0.3, -0.25) is 0 Å². The summed E-state index contributed by atoms with van der Waals surface area (Å²) < 4.78 is 8.70. The van der Waals surface area contributed by atoms with Crippen LogP contribution >= 0.6 is 0 Å². The van der Waals surface area contributed by atoms with Crippen LogP contribution in [0.25, 0.3) is 49.4 Å². The van der Waals surface area contributed by atoms with Gasteiger partial charge in [0.2, 0.25) is 0 Å². The van der Waals surface area contributed by atoms with Crippen molar-refractivity contribution in [3.05, 3.63) is 139 Å². The van der Waals surface area contributed by atoms with Crippen LogP contribution in [0.5, 0.6) is 11.5 Å². The number of ether oxygens (including phenoxy) is 1. The number of nitrogens with zero attached hydrogens (tertiary/aromatic N) is 1. The van der Waals surface area contributed by atoms with Crippen LogP contribution in [0.15, 0.2) is 127 Å².